The Morgan fingerprint density at radius 3 is 2.73 bits per heavy atom. The maximum absolute atomic E-state index is 12.8. The zero-order valence-corrected chi connectivity index (χ0v) is 17.4. The van der Waals surface area contributed by atoms with Gasteiger partial charge in [-0.1, -0.05) is 49.1 Å². The number of hydrogen-bond acceptors (Lipinski definition) is 4. The maximum Gasteiger partial charge on any atom is 0.243 e. The highest BCUT2D eigenvalue weighted by Gasteiger charge is 2.37. The number of hydrogen-bond donors (Lipinski definition) is 1. The summed E-state index contributed by atoms with van der Waals surface area (Å²) in [5.74, 6) is -0.335. The standard InChI is InChI=1S/C24H28N4O2/c1-18(26-21-11-7-4-8-12-21)20-14-22(15-25)28(16-20)24(30)17-27(2)23(29)13-19-9-5-3-6-10-19/h3,5-7,9-12,20,22,26H,1,4,8,13-14,16-17H2,2H3. The first kappa shape index (κ1) is 21.4. The third-order valence-electron chi connectivity index (χ3n) is 5.56. The lowest BCUT2D eigenvalue weighted by Crippen LogP contribution is -2.43. The Bertz CT molecular complexity index is 898. The largest absolute Gasteiger partial charge is 0.359 e. The Morgan fingerprint density at radius 1 is 1.30 bits per heavy atom. The van der Waals surface area contributed by atoms with E-state index in [2.05, 4.69) is 30.1 Å². The number of likely N-dealkylation sites (N-methyl/N-ethyl adjacent to an activating group) is 1. The van der Waals surface area contributed by atoms with Crippen LogP contribution < -0.4 is 5.32 Å². The summed E-state index contributed by atoms with van der Waals surface area (Å²) in [6.45, 7) is 4.53. The van der Waals surface area contributed by atoms with Crippen LogP contribution in [0.5, 0.6) is 0 Å². The van der Waals surface area contributed by atoms with E-state index in [1.165, 1.54) is 4.90 Å². The molecular formula is C24H28N4O2. The molecular weight excluding hydrogens is 376 g/mol. The SMILES string of the molecule is C=C(NC1=CCCC=C1)C1CC(C#N)N(C(=O)CN(C)C(=O)Cc2ccccc2)C1. The van der Waals surface area contributed by atoms with Crippen molar-refractivity contribution in [3.63, 3.8) is 0 Å². The minimum Gasteiger partial charge on any atom is -0.359 e. The van der Waals surface area contributed by atoms with E-state index in [-0.39, 0.29) is 30.7 Å². The van der Waals surface area contributed by atoms with E-state index in [1.807, 2.05) is 36.4 Å². The molecule has 0 saturated carbocycles. The summed E-state index contributed by atoms with van der Waals surface area (Å²) < 4.78 is 0. The van der Waals surface area contributed by atoms with Gasteiger partial charge in [0.1, 0.15) is 6.04 Å². The summed E-state index contributed by atoms with van der Waals surface area (Å²) in [6.07, 6.45) is 9.09. The van der Waals surface area contributed by atoms with Crippen LogP contribution in [0.15, 0.2) is 66.5 Å². The Morgan fingerprint density at radius 2 is 2.07 bits per heavy atom. The van der Waals surface area contributed by atoms with Crippen LogP contribution in [0.25, 0.3) is 0 Å². The molecule has 0 aromatic heterocycles. The second-order valence-electron chi connectivity index (χ2n) is 7.83. The van der Waals surface area contributed by atoms with Gasteiger partial charge in [0.05, 0.1) is 19.0 Å². The second-order valence-corrected chi connectivity index (χ2v) is 7.83. The van der Waals surface area contributed by atoms with Gasteiger partial charge in [0.15, 0.2) is 0 Å². The fraction of sp³-hybridized carbons (Fsp3) is 0.375. The number of carbonyl (C=O) groups excluding carboxylic acids is 2. The van der Waals surface area contributed by atoms with Gasteiger partial charge in [-0.05, 0) is 30.9 Å². The highest BCUT2D eigenvalue weighted by molar-refractivity contribution is 5.86. The van der Waals surface area contributed by atoms with Gasteiger partial charge < -0.3 is 15.1 Å². The Kier molecular flexibility index (Phi) is 7.08. The highest BCUT2D eigenvalue weighted by atomic mass is 16.2. The van der Waals surface area contributed by atoms with Crippen molar-refractivity contribution in [3.05, 3.63) is 72.1 Å². The van der Waals surface area contributed by atoms with E-state index >= 15 is 0 Å². The van der Waals surface area contributed by atoms with Crippen LogP contribution in [0, 0.1) is 17.2 Å². The van der Waals surface area contributed by atoms with E-state index in [4.69, 9.17) is 0 Å². The predicted molar refractivity (Wildman–Crippen MR) is 116 cm³/mol. The van der Waals surface area contributed by atoms with Gasteiger partial charge in [-0.25, -0.2) is 0 Å². The van der Waals surface area contributed by atoms with Gasteiger partial charge in [-0.15, -0.1) is 0 Å². The molecule has 3 rings (SSSR count). The molecule has 2 amide bonds. The molecule has 2 aliphatic rings. The van der Waals surface area contributed by atoms with Gasteiger partial charge in [0.25, 0.3) is 0 Å². The molecule has 156 valence electrons. The monoisotopic (exact) mass is 404 g/mol. The molecule has 2 atom stereocenters. The van der Waals surface area contributed by atoms with Crippen LogP contribution in [0.3, 0.4) is 0 Å². The first-order chi connectivity index (χ1) is 14.5. The van der Waals surface area contributed by atoms with Crippen molar-refractivity contribution in [3.8, 4) is 6.07 Å². The molecule has 1 aliphatic carbocycles. The molecule has 1 N–H and O–H groups in total. The van der Waals surface area contributed by atoms with Crippen LogP contribution in [0.1, 0.15) is 24.8 Å². The van der Waals surface area contributed by atoms with Crippen molar-refractivity contribution in [2.45, 2.75) is 31.7 Å². The van der Waals surface area contributed by atoms with Crippen LogP contribution in [-0.4, -0.2) is 47.8 Å². The molecule has 1 aromatic carbocycles. The molecule has 0 spiro atoms. The number of amides is 2. The fourth-order valence-electron chi connectivity index (χ4n) is 3.77. The summed E-state index contributed by atoms with van der Waals surface area (Å²) in [7, 11) is 1.63. The summed E-state index contributed by atoms with van der Waals surface area (Å²) >= 11 is 0. The molecule has 1 aromatic rings. The molecule has 6 nitrogen and oxygen atoms in total. The molecule has 1 saturated heterocycles. The van der Waals surface area contributed by atoms with Gasteiger partial charge in [-0.3, -0.25) is 9.59 Å². The van der Waals surface area contributed by atoms with Crippen LogP contribution in [-0.2, 0) is 16.0 Å². The number of nitrogens with one attached hydrogen (secondary N) is 1. The van der Waals surface area contributed by atoms with E-state index in [1.54, 1.807) is 11.9 Å². The maximum atomic E-state index is 12.8. The second kappa shape index (κ2) is 9.93. The minimum atomic E-state index is -0.505. The van der Waals surface area contributed by atoms with E-state index < -0.39 is 6.04 Å². The fourth-order valence-corrected chi connectivity index (χ4v) is 3.77. The molecule has 0 radical (unpaired) electrons. The third-order valence-corrected chi connectivity index (χ3v) is 5.56. The molecule has 0 bridgehead atoms. The average Bonchev–Trinajstić information content (AvgIpc) is 3.20. The van der Waals surface area contributed by atoms with Crippen molar-refractivity contribution in [1.29, 1.82) is 5.26 Å². The zero-order valence-electron chi connectivity index (χ0n) is 17.4. The van der Waals surface area contributed by atoms with Crippen LogP contribution >= 0.6 is 0 Å². The minimum absolute atomic E-state index is 0.000142. The summed E-state index contributed by atoms with van der Waals surface area (Å²) in [6, 6.07) is 11.2. The van der Waals surface area contributed by atoms with Gasteiger partial charge in [0.2, 0.25) is 11.8 Å². The third kappa shape index (κ3) is 5.38. The summed E-state index contributed by atoms with van der Waals surface area (Å²) in [5, 5.41) is 12.9. The lowest BCUT2D eigenvalue weighted by Gasteiger charge is -2.24. The van der Waals surface area contributed by atoms with E-state index in [9.17, 15) is 14.9 Å². The average molecular weight is 405 g/mol. The Labute approximate surface area is 178 Å². The first-order valence-electron chi connectivity index (χ1n) is 10.3. The first-order valence-corrected chi connectivity index (χ1v) is 10.3. The zero-order chi connectivity index (χ0) is 21.5. The number of benzene rings is 1. The van der Waals surface area contributed by atoms with Crippen molar-refractivity contribution in [2.24, 2.45) is 5.92 Å². The summed E-state index contributed by atoms with van der Waals surface area (Å²) in [4.78, 5) is 28.3. The van der Waals surface area contributed by atoms with Gasteiger partial charge in [0, 0.05) is 30.9 Å². The molecule has 6 heteroatoms. The normalized spacial score (nSPS) is 20.3. The van der Waals surface area contributed by atoms with Crippen molar-refractivity contribution in [2.75, 3.05) is 20.1 Å². The van der Waals surface area contributed by atoms with Gasteiger partial charge >= 0.3 is 0 Å². The Balaban J connectivity index is 1.56. The van der Waals surface area contributed by atoms with Crippen LogP contribution in [0.2, 0.25) is 0 Å². The molecule has 30 heavy (non-hydrogen) atoms. The van der Waals surface area contributed by atoms with E-state index in [0.717, 1.165) is 29.8 Å². The Hall–Kier alpha value is -3.33. The van der Waals surface area contributed by atoms with E-state index in [0.29, 0.717) is 13.0 Å². The number of allylic oxidation sites excluding steroid dienone is 3. The van der Waals surface area contributed by atoms with Crippen molar-refractivity contribution in [1.82, 2.24) is 15.1 Å². The number of likely N-dealkylation sites (tertiary alicyclic amines) is 1. The molecule has 2 unspecified atom stereocenters. The van der Waals surface area contributed by atoms with Crippen molar-refractivity contribution < 1.29 is 9.59 Å². The molecule has 1 aliphatic heterocycles. The van der Waals surface area contributed by atoms with Crippen molar-refractivity contribution >= 4 is 11.8 Å². The molecule has 1 heterocycles. The lowest BCUT2D eigenvalue weighted by atomic mass is 10.0. The predicted octanol–water partition coefficient (Wildman–Crippen LogP) is 2.77. The highest BCUT2D eigenvalue weighted by Crippen LogP contribution is 2.28. The van der Waals surface area contributed by atoms with Crippen LogP contribution in [0.4, 0.5) is 0 Å². The quantitative estimate of drug-likeness (QED) is 0.758. The number of carbonyl (C=O) groups is 2. The molecule has 1 fully saturated rings. The lowest BCUT2D eigenvalue weighted by molar-refractivity contribution is -0.139. The topological polar surface area (TPSA) is 76.4 Å². The number of rotatable bonds is 7. The summed E-state index contributed by atoms with van der Waals surface area (Å²) in [5.41, 5.74) is 2.74. The number of nitrogens with zero attached hydrogens (tertiary/aromatic N) is 3. The smallest absolute Gasteiger partial charge is 0.243 e. The number of nitriles is 1. The van der Waals surface area contributed by atoms with Gasteiger partial charge in [-0.2, -0.15) is 5.26 Å².